The summed E-state index contributed by atoms with van der Waals surface area (Å²) in [6, 6.07) is 4.83. The summed E-state index contributed by atoms with van der Waals surface area (Å²) in [5.74, 6) is -0.0669. The number of hydrogen-bond acceptors (Lipinski definition) is 6. The van der Waals surface area contributed by atoms with E-state index in [-0.39, 0.29) is 18.5 Å². The van der Waals surface area contributed by atoms with E-state index < -0.39 is 22.6 Å². The van der Waals surface area contributed by atoms with Gasteiger partial charge in [-0.1, -0.05) is 6.07 Å². The predicted octanol–water partition coefficient (Wildman–Crippen LogP) is 4.03. The quantitative estimate of drug-likeness (QED) is 0.355. The molecule has 0 spiro atoms. The molecule has 6 nitrogen and oxygen atoms in total. The van der Waals surface area contributed by atoms with Crippen molar-refractivity contribution < 1.29 is 28.2 Å². The first-order chi connectivity index (χ1) is 12.4. The maximum atomic E-state index is 12.0. The zero-order chi connectivity index (χ0) is 20.7. The second-order valence-corrected chi connectivity index (χ2v) is 17.1. The number of methoxy groups -OCH3 is 1. The lowest BCUT2D eigenvalue weighted by Crippen LogP contribution is -2.40. The molecule has 1 aromatic carbocycles. The number of carbonyl (C=O) groups is 1. The molecule has 0 saturated heterocycles. The minimum absolute atomic E-state index is 0.0472. The number of ether oxygens (including phenoxy) is 2. The average molecular weight is 413 g/mol. The van der Waals surface area contributed by atoms with Crippen LogP contribution in [0.1, 0.15) is 5.56 Å². The third-order valence-corrected chi connectivity index (χ3v) is 5.32. The fourth-order valence-corrected chi connectivity index (χ4v) is 3.97. The molecule has 0 aromatic heterocycles. The van der Waals surface area contributed by atoms with E-state index in [2.05, 4.69) is 39.3 Å². The SMILES string of the molecule is COc1cc(/C=C/C(=O)OCC(CO[Si](C)(C)C)O[Si](C)(C)C)ccc1O. The molecule has 0 aliphatic heterocycles. The fourth-order valence-electron chi connectivity index (χ4n) is 2.14. The summed E-state index contributed by atoms with van der Waals surface area (Å²) in [5.41, 5.74) is 0.721. The van der Waals surface area contributed by atoms with Crippen LogP contribution in [0.15, 0.2) is 24.3 Å². The van der Waals surface area contributed by atoms with E-state index in [1.54, 1.807) is 18.2 Å². The fraction of sp³-hybridized carbons (Fsp3) is 0.526. The van der Waals surface area contributed by atoms with Crippen molar-refractivity contribution in [2.75, 3.05) is 20.3 Å². The first kappa shape index (κ1) is 23.4. The van der Waals surface area contributed by atoms with E-state index in [0.717, 1.165) is 5.56 Å². The van der Waals surface area contributed by atoms with E-state index in [4.69, 9.17) is 18.3 Å². The van der Waals surface area contributed by atoms with Crippen LogP contribution in [0.5, 0.6) is 11.5 Å². The average Bonchev–Trinajstić information content (AvgIpc) is 2.54. The molecular formula is C19H32O6Si2. The molecule has 0 heterocycles. The topological polar surface area (TPSA) is 74.2 Å². The number of phenols is 1. The predicted molar refractivity (Wildman–Crippen MR) is 112 cm³/mol. The van der Waals surface area contributed by atoms with Crippen LogP contribution >= 0.6 is 0 Å². The monoisotopic (exact) mass is 412 g/mol. The molecule has 1 rings (SSSR count). The molecular weight excluding hydrogens is 380 g/mol. The second-order valence-electron chi connectivity index (χ2n) is 8.17. The highest BCUT2D eigenvalue weighted by atomic mass is 28.4. The third-order valence-electron chi connectivity index (χ3n) is 3.25. The smallest absolute Gasteiger partial charge is 0.330 e. The minimum Gasteiger partial charge on any atom is -0.504 e. The van der Waals surface area contributed by atoms with Crippen LogP contribution in [0.25, 0.3) is 6.08 Å². The van der Waals surface area contributed by atoms with Gasteiger partial charge in [-0.2, -0.15) is 0 Å². The van der Waals surface area contributed by atoms with Gasteiger partial charge in [-0.15, -0.1) is 0 Å². The van der Waals surface area contributed by atoms with Crippen LogP contribution in [-0.2, 0) is 18.4 Å². The zero-order valence-corrected chi connectivity index (χ0v) is 19.4. The van der Waals surface area contributed by atoms with Crippen molar-refractivity contribution in [1.29, 1.82) is 0 Å². The van der Waals surface area contributed by atoms with Crippen LogP contribution in [0, 0.1) is 0 Å². The van der Waals surface area contributed by atoms with E-state index in [9.17, 15) is 9.90 Å². The number of esters is 1. The summed E-state index contributed by atoms with van der Waals surface area (Å²) in [5, 5.41) is 9.60. The molecule has 0 saturated carbocycles. The van der Waals surface area contributed by atoms with Gasteiger partial charge in [0.25, 0.3) is 0 Å². The lowest BCUT2D eigenvalue weighted by molar-refractivity contribution is -0.140. The Kier molecular flexibility index (Phi) is 8.74. The summed E-state index contributed by atoms with van der Waals surface area (Å²) < 4.78 is 22.4. The zero-order valence-electron chi connectivity index (χ0n) is 17.4. The summed E-state index contributed by atoms with van der Waals surface area (Å²) in [7, 11) is -1.99. The van der Waals surface area contributed by atoms with Crippen molar-refractivity contribution >= 4 is 28.7 Å². The third kappa shape index (κ3) is 10.3. The molecule has 0 aliphatic carbocycles. The van der Waals surface area contributed by atoms with Crippen LogP contribution in [-0.4, -0.2) is 54.1 Å². The van der Waals surface area contributed by atoms with Crippen molar-refractivity contribution in [3.05, 3.63) is 29.8 Å². The molecule has 0 aliphatic rings. The van der Waals surface area contributed by atoms with Gasteiger partial charge in [0.05, 0.1) is 13.7 Å². The number of rotatable bonds is 10. The Morgan fingerprint density at radius 2 is 1.78 bits per heavy atom. The number of carbonyl (C=O) groups excluding carboxylic acids is 1. The van der Waals surface area contributed by atoms with E-state index in [0.29, 0.717) is 12.4 Å². The van der Waals surface area contributed by atoms with Crippen LogP contribution in [0.2, 0.25) is 39.3 Å². The van der Waals surface area contributed by atoms with Crippen LogP contribution < -0.4 is 4.74 Å². The highest BCUT2D eigenvalue weighted by molar-refractivity contribution is 6.70. The molecule has 1 N–H and O–H groups in total. The van der Waals surface area contributed by atoms with Gasteiger partial charge >= 0.3 is 5.97 Å². The molecule has 1 unspecified atom stereocenters. The van der Waals surface area contributed by atoms with Gasteiger partial charge in [0.2, 0.25) is 0 Å². The molecule has 8 heteroatoms. The van der Waals surface area contributed by atoms with Gasteiger partial charge in [-0.05, 0) is 63.1 Å². The molecule has 27 heavy (non-hydrogen) atoms. The van der Waals surface area contributed by atoms with Crippen molar-refractivity contribution in [3.8, 4) is 11.5 Å². The molecule has 1 atom stereocenters. The van der Waals surface area contributed by atoms with Gasteiger partial charge < -0.3 is 23.4 Å². The molecule has 0 bridgehead atoms. The van der Waals surface area contributed by atoms with Gasteiger partial charge in [0.15, 0.2) is 28.1 Å². The molecule has 1 aromatic rings. The van der Waals surface area contributed by atoms with Crippen LogP contribution in [0.4, 0.5) is 0 Å². The molecule has 0 radical (unpaired) electrons. The van der Waals surface area contributed by atoms with Crippen LogP contribution in [0.3, 0.4) is 0 Å². The Morgan fingerprint density at radius 3 is 2.33 bits per heavy atom. The normalized spacial score (nSPS) is 13.6. The largest absolute Gasteiger partial charge is 0.504 e. The Bertz CT molecular complexity index is 647. The van der Waals surface area contributed by atoms with Gasteiger partial charge in [-0.3, -0.25) is 0 Å². The number of aromatic hydroxyl groups is 1. The summed E-state index contributed by atoms with van der Waals surface area (Å²) in [6.45, 7) is 13.2. The lowest BCUT2D eigenvalue weighted by Gasteiger charge is -2.28. The Labute approximate surface area is 164 Å². The van der Waals surface area contributed by atoms with Crippen molar-refractivity contribution in [2.24, 2.45) is 0 Å². The first-order valence-corrected chi connectivity index (χ1v) is 15.7. The van der Waals surface area contributed by atoms with Gasteiger partial charge in [-0.25, -0.2) is 4.79 Å². The first-order valence-electron chi connectivity index (χ1n) is 8.93. The van der Waals surface area contributed by atoms with Crippen molar-refractivity contribution in [3.63, 3.8) is 0 Å². The van der Waals surface area contributed by atoms with E-state index in [1.807, 2.05) is 0 Å². The van der Waals surface area contributed by atoms with E-state index in [1.165, 1.54) is 19.3 Å². The second kappa shape index (κ2) is 10.1. The standard InChI is InChI=1S/C19H32O6Si2/c1-22-18-12-15(8-10-17(18)20)9-11-19(21)23-13-16(25-27(5,6)7)14-24-26(2,3)4/h8-12,16,20H,13-14H2,1-7H3/b11-9+. The molecule has 0 fully saturated rings. The Hall–Kier alpha value is -1.62. The summed E-state index contributed by atoms with van der Waals surface area (Å²) in [4.78, 5) is 12.0. The highest BCUT2D eigenvalue weighted by Gasteiger charge is 2.25. The minimum atomic E-state index is -1.79. The van der Waals surface area contributed by atoms with Gasteiger partial charge in [0, 0.05) is 6.08 Å². The lowest BCUT2D eigenvalue weighted by atomic mass is 10.2. The number of phenolic OH excluding ortho intramolecular Hbond substituents is 1. The molecule has 0 amide bonds. The summed E-state index contributed by atoms with van der Waals surface area (Å²) in [6.07, 6.45) is 2.68. The number of benzene rings is 1. The number of hydrogen-bond donors (Lipinski definition) is 1. The van der Waals surface area contributed by atoms with E-state index >= 15 is 0 Å². The molecule has 152 valence electrons. The highest BCUT2D eigenvalue weighted by Crippen LogP contribution is 2.26. The summed E-state index contributed by atoms with van der Waals surface area (Å²) >= 11 is 0. The maximum absolute atomic E-state index is 12.0. The maximum Gasteiger partial charge on any atom is 0.330 e. The van der Waals surface area contributed by atoms with Gasteiger partial charge in [0.1, 0.15) is 12.7 Å². The Morgan fingerprint density at radius 1 is 1.11 bits per heavy atom. The Balaban J connectivity index is 2.64. The van der Waals surface area contributed by atoms with Crippen molar-refractivity contribution in [1.82, 2.24) is 0 Å². The van der Waals surface area contributed by atoms with Crippen molar-refractivity contribution in [2.45, 2.75) is 45.4 Å².